The van der Waals surface area contributed by atoms with Gasteiger partial charge in [-0.15, -0.1) is 0 Å². The van der Waals surface area contributed by atoms with Crippen LogP contribution in [0.3, 0.4) is 0 Å². The summed E-state index contributed by atoms with van der Waals surface area (Å²) >= 11 is 11.9. The molecule has 2 aromatic carbocycles. The Morgan fingerprint density at radius 2 is 2.05 bits per heavy atom. The largest absolute Gasteiger partial charge is 0.336 e. The highest BCUT2D eigenvalue weighted by Gasteiger charge is 2.09. The van der Waals surface area contributed by atoms with Crippen molar-refractivity contribution >= 4 is 45.6 Å². The Hall–Kier alpha value is -2.55. The van der Waals surface area contributed by atoms with Crippen molar-refractivity contribution in [2.75, 3.05) is 5.43 Å². The summed E-state index contributed by atoms with van der Waals surface area (Å²) in [6.07, 6.45) is 0. The highest BCUT2D eigenvalue weighted by molar-refractivity contribution is 6.35. The summed E-state index contributed by atoms with van der Waals surface area (Å²) in [5.41, 5.74) is 4.97. The number of hydrazone groups is 1. The lowest BCUT2D eigenvalue weighted by molar-refractivity contribution is 1.25. The van der Waals surface area contributed by atoms with E-state index in [1.54, 1.807) is 18.2 Å². The number of hydrogen-bond acceptors (Lipinski definition) is 4. The topological polar surface area (TPSA) is 76.9 Å². The second kappa shape index (κ2) is 6.06. The highest BCUT2D eigenvalue weighted by atomic mass is 35.5. The highest BCUT2D eigenvalue weighted by Crippen LogP contribution is 2.25. The van der Waals surface area contributed by atoms with Gasteiger partial charge in [-0.05, 0) is 30.3 Å². The SMILES string of the molecule is N#C/C(=N/Nc1cc(Cl)ccc1Cl)c1nc2ccccc2[nH]1. The van der Waals surface area contributed by atoms with Crippen molar-refractivity contribution in [2.24, 2.45) is 5.10 Å². The molecule has 0 bridgehead atoms. The summed E-state index contributed by atoms with van der Waals surface area (Å²) < 4.78 is 0. The molecule has 108 valence electrons. The van der Waals surface area contributed by atoms with Gasteiger partial charge >= 0.3 is 0 Å². The maximum absolute atomic E-state index is 9.27. The van der Waals surface area contributed by atoms with Gasteiger partial charge in [-0.25, -0.2) is 4.98 Å². The standard InChI is InChI=1S/C15H9Cl2N5/c16-9-5-6-10(17)13(7-9)21-22-14(8-18)15-19-11-3-1-2-4-12(11)20-15/h1-7,21H,(H,19,20)/b22-14-. The van der Waals surface area contributed by atoms with Gasteiger partial charge in [0.05, 0.1) is 21.7 Å². The summed E-state index contributed by atoms with van der Waals surface area (Å²) in [6.45, 7) is 0. The predicted molar refractivity (Wildman–Crippen MR) is 88.3 cm³/mol. The van der Waals surface area contributed by atoms with E-state index in [4.69, 9.17) is 23.2 Å². The first-order valence-corrected chi connectivity index (χ1v) is 7.07. The number of fused-ring (bicyclic) bond motifs is 1. The van der Waals surface area contributed by atoms with E-state index >= 15 is 0 Å². The van der Waals surface area contributed by atoms with E-state index < -0.39 is 0 Å². The summed E-state index contributed by atoms with van der Waals surface area (Å²) in [5.74, 6) is 0.384. The molecule has 3 aromatic rings. The number of H-pyrrole nitrogens is 1. The smallest absolute Gasteiger partial charge is 0.203 e. The number of halogens is 2. The lowest BCUT2D eigenvalue weighted by Gasteiger charge is -2.03. The molecule has 0 aliphatic rings. The van der Waals surface area contributed by atoms with Crippen LogP contribution in [-0.2, 0) is 0 Å². The molecule has 0 aliphatic carbocycles. The third-order valence-corrected chi connectivity index (χ3v) is 3.50. The quantitative estimate of drug-likeness (QED) is 0.558. The van der Waals surface area contributed by atoms with E-state index in [0.717, 1.165) is 11.0 Å². The zero-order valence-electron chi connectivity index (χ0n) is 11.1. The summed E-state index contributed by atoms with van der Waals surface area (Å²) in [7, 11) is 0. The number of nitrogens with zero attached hydrogens (tertiary/aromatic N) is 3. The molecule has 0 unspecified atom stereocenters. The molecule has 0 radical (unpaired) electrons. The van der Waals surface area contributed by atoms with Gasteiger partial charge in [-0.3, -0.25) is 5.43 Å². The minimum atomic E-state index is 0.118. The molecule has 0 spiro atoms. The molecule has 3 rings (SSSR count). The van der Waals surface area contributed by atoms with Crippen LogP contribution in [0.2, 0.25) is 10.0 Å². The van der Waals surface area contributed by atoms with Crippen molar-refractivity contribution in [3.63, 3.8) is 0 Å². The number of benzene rings is 2. The van der Waals surface area contributed by atoms with Crippen LogP contribution < -0.4 is 5.43 Å². The maximum Gasteiger partial charge on any atom is 0.203 e. The van der Waals surface area contributed by atoms with Crippen LogP contribution in [0.15, 0.2) is 47.6 Å². The van der Waals surface area contributed by atoms with Crippen LogP contribution in [0, 0.1) is 11.3 Å². The number of aromatic amines is 1. The first kappa shape index (κ1) is 14.4. The first-order valence-electron chi connectivity index (χ1n) is 6.31. The Morgan fingerprint density at radius 1 is 1.23 bits per heavy atom. The van der Waals surface area contributed by atoms with E-state index in [1.165, 1.54) is 0 Å². The summed E-state index contributed by atoms with van der Waals surface area (Å²) in [4.78, 5) is 7.37. The molecule has 0 amide bonds. The van der Waals surface area contributed by atoms with Crippen molar-refractivity contribution in [3.05, 3.63) is 58.3 Å². The molecule has 7 heteroatoms. The van der Waals surface area contributed by atoms with E-state index in [0.29, 0.717) is 21.6 Å². The molecule has 0 fully saturated rings. The second-order valence-electron chi connectivity index (χ2n) is 4.41. The van der Waals surface area contributed by atoms with Crippen LogP contribution >= 0.6 is 23.2 Å². The van der Waals surface area contributed by atoms with Crippen LogP contribution in [0.4, 0.5) is 5.69 Å². The van der Waals surface area contributed by atoms with Crippen LogP contribution in [-0.4, -0.2) is 15.7 Å². The molecular formula is C15H9Cl2N5. The van der Waals surface area contributed by atoms with Crippen molar-refractivity contribution < 1.29 is 0 Å². The number of anilines is 1. The fourth-order valence-electron chi connectivity index (χ4n) is 1.90. The van der Waals surface area contributed by atoms with Crippen LogP contribution in [0.25, 0.3) is 11.0 Å². The third kappa shape index (κ3) is 2.89. The van der Waals surface area contributed by atoms with Gasteiger partial charge in [0.25, 0.3) is 0 Å². The van der Waals surface area contributed by atoms with Gasteiger partial charge in [0.1, 0.15) is 6.07 Å². The number of rotatable bonds is 3. The number of imidazole rings is 1. The molecule has 5 nitrogen and oxygen atoms in total. The molecule has 2 N–H and O–H groups in total. The summed E-state index contributed by atoms with van der Waals surface area (Å²) in [5, 5.41) is 14.3. The Morgan fingerprint density at radius 3 is 2.82 bits per heavy atom. The van der Waals surface area contributed by atoms with Crippen molar-refractivity contribution in [1.29, 1.82) is 5.26 Å². The average molecular weight is 330 g/mol. The minimum absolute atomic E-state index is 0.118. The van der Waals surface area contributed by atoms with Gasteiger partial charge in [-0.2, -0.15) is 10.4 Å². The number of para-hydroxylation sites is 2. The molecule has 0 aliphatic heterocycles. The molecule has 1 heterocycles. The number of hydrogen-bond donors (Lipinski definition) is 2. The van der Waals surface area contributed by atoms with E-state index in [1.807, 2.05) is 30.3 Å². The molecule has 0 atom stereocenters. The zero-order valence-corrected chi connectivity index (χ0v) is 12.7. The fraction of sp³-hybridized carbons (Fsp3) is 0. The van der Waals surface area contributed by atoms with Gasteiger partial charge in [0, 0.05) is 5.02 Å². The van der Waals surface area contributed by atoms with Crippen molar-refractivity contribution in [1.82, 2.24) is 9.97 Å². The van der Waals surface area contributed by atoms with Gasteiger partial charge in [-0.1, -0.05) is 35.3 Å². The molecule has 22 heavy (non-hydrogen) atoms. The lowest BCUT2D eigenvalue weighted by atomic mass is 10.3. The Bertz CT molecular complexity index is 875. The molecular weight excluding hydrogens is 321 g/mol. The van der Waals surface area contributed by atoms with Crippen molar-refractivity contribution in [2.45, 2.75) is 0 Å². The van der Waals surface area contributed by atoms with Crippen molar-refractivity contribution in [3.8, 4) is 6.07 Å². The molecule has 1 aromatic heterocycles. The fourth-order valence-corrected chi connectivity index (χ4v) is 2.23. The second-order valence-corrected chi connectivity index (χ2v) is 5.25. The Kier molecular flexibility index (Phi) is 3.96. The maximum atomic E-state index is 9.27. The zero-order chi connectivity index (χ0) is 15.5. The van der Waals surface area contributed by atoms with E-state index in [-0.39, 0.29) is 5.71 Å². The number of nitriles is 1. The number of nitrogens with one attached hydrogen (secondary N) is 2. The van der Waals surface area contributed by atoms with Crippen LogP contribution in [0.5, 0.6) is 0 Å². The predicted octanol–water partition coefficient (Wildman–Crippen LogP) is 4.21. The minimum Gasteiger partial charge on any atom is -0.336 e. The first-order chi connectivity index (χ1) is 10.7. The van der Waals surface area contributed by atoms with Gasteiger partial charge < -0.3 is 4.98 Å². The Balaban J connectivity index is 1.93. The molecule has 0 saturated heterocycles. The van der Waals surface area contributed by atoms with Crippen LogP contribution in [0.1, 0.15) is 5.82 Å². The van der Waals surface area contributed by atoms with E-state index in [9.17, 15) is 5.26 Å². The van der Waals surface area contributed by atoms with Gasteiger partial charge in [0.15, 0.2) is 5.82 Å². The lowest BCUT2D eigenvalue weighted by Crippen LogP contribution is -2.04. The third-order valence-electron chi connectivity index (χ3n) is 2.94. The monoisotopic (exact) mass is 329 g/mol. The normalized spacial score (nSPS) is 11.4. The van der Waals surface area contributed by atoms with E-state index in [2.05, 4.69) is 20.5 Å². The summed E-state index contributed by atoms with van der Waals surface area (Å²) in [6, 6.07) is 14.4. The average Bonchev–Trinajstić information content (AvgIpc) is 2.95. The Labute approximate surface area is 136 Å². The molecule has 0 saturated carbocycles. The van der Waals surface area contributed by atoms with Gasteiger partial charge in [0.2, 0.25) is 5.71 Å². The number of aromatic nitrogens is 2.